The first-order valence-electron chi connectivity index (χ1n) is 6.20. The van der Waals surface area contributed by atoms with Crippen LogP contribution in [-0.2, 0) is 23.6 Å². The van der Waals surface area contributed by atoms with Gasteiger partial charge in [-0.05, 0) is 24.6 Å². The van der Waals surface area contributed by atoms with Gasteiger partial charge in [-0.3, -0.25) is 0 Å². The number of aromatic nitrogens is 2. The Labute approximate surface area is 118 Å². The van der Waals surface area contributed by atoms with Gasteiger partial charge in [0.05, 0.1) is 10.9 Å². The number of rotatable bonds is 5. The Kier molecular flexibility index (Phi) is 4.22. The normalized spacial score (nSPS) is 13.3. The summed E-state index contributed by atoms with van der Waals surface area (Å²) in [7, 11) is -1.68. The molecule has 0 bridgehead atoms. The molecule has 1 heterocycles. The Hall–Kier alpha value is -1.70. The molecule has 7 heteroatoms. The van der Waals surface area contributed by atoms with Crippen molar-refractivity contribution in [1.82, 2.24) is 14.9 Å². The van der Waals surface area contributed by atoms with Gasteiger partial charge in [0, 0.05) is 26.0 Å². The van der Waals surface area contributed by atoms with Gasteiger partial charge in [0.2, 0.25) is 10.0 Å². The number of nitrogens with one attached hydrogen (secondary N) is 1. The molecular formula is C13H18N4O2S. The molecule has 0 spiro atoms. The van der Waals surface area contributed by atoms with Crippen LogP contribution < -0.4 is 10.5 Å². The average Bonchev–Trinajstić information content (AvgIpc) is 2.82. The summed E-state index contributed by atoms with van der Waals surface area (Å²) in [4.78, 5) is 4.40. The second-order valence-corrected chi connectivity index (χ2v) is 6.25. The molecular weight excluding hydrogens is 276 g/mol. The van der Waals surface area contributed by atoms with Crippen LogP contribution in [-0.4, -0.2) is 18.0 Å². The van der Waals surface area contributed by atoms with Crippen molar-refractivity contribution in [2.75, 3.05) is 0 Å². The molecule has 0 saturated heterocycles. The number of primary sulfonamides is 1. The lowest BCUT2D eigenvalue weighted by Crippen LogP contribution is -2.21. The molecule has 1 unspecified atom stereocenters. The summed E-state index contributed by atoms with van der Waals surface area (Å²) in [5, 5.41) is 8.39. The van der Waals surface area contributed by atoms with Crippen LogP contribution in [0.4, 0.5) is 0 Å². The van der Waals surface area contributed by atoms with E-state index in [4.69, 9.17) is 5.14 Å². The van der Waals surface area contributed by atoms with E-state index in [0.717, 1.165) is 11.4 Å². The predicted molar refractivity (Wildman–Crippen MR) is 76.3 cm³/mol. The maximum absolute atomic E-state index is 11.2. The molecule has 0 aliphatic rings. The number of aryl methyl sites for hydroxylation is 1. The van der Waals surface area contributed by atoms with E-state index in [9.17, 15) is 8.42 Å². The van der Waals surface area contributed by atoms with E-state index in [0.29, 0.717) is 6.54 Å². The van der Waals surface area contributed by atoms with Crippen LogP contribution in [0.5, 0.6) is 0 Å². The minimum Gasteiger partial charge on any atom is -0.337 e. The maximum atomic E-state index is 11.2. The summed E-state index contributed by atoms with van der Waals surface area (Å²) < 4.78 is 24.3. The van der Waals surface area contributed by atoms with Gasteiger partial charge in [0.1, 0.15) is 5.82 Å². The Morgan fingerprint density at radius 2 is 2.00 bits per heavy atom. The zero-order valence-electron chi connectivity index (χ0n) is 11.4. The fraction of sp³-hybridized carbons (Fsp3) is 0.308. The summed E-state index contributed by atoms with van der Waals surface area (Å²) >= 11 is 0. The lowest BCUT2D eigenvalue weighted by Gasteiger charge is -2.13. The van der Waals surface area contributed by atoms with Gasteiger partial charge in [-0.15, -0.1) is 0 Å². The molecule has 1 aromatic carbocycles. The molecule has 2 rings (SSSR count). The molecule has 20 heavy (non-hydrogen) atoms. The van der Waals surface area contributed by atoms with Crippen LogP contribution in [0.1, 0.15) is 24.4 Å². The molecule has 3 N–H and O–H groups in total. The van der Waals surface area contributed by atoms with Crippen LogP contribution in [0, 0.1) is 0 Å². The zero-order valence-corrected chi connectivity index (χ0v) is 12.3. The fourth-order valence-electron chi connectivity index (χ4n) is 1.95. The molecule has 0 amide bonds. The van der Waals surface area contributed by atoms with Gasteiger partial charge in [-0.1, -0.05) is 12.1 Å². The third kappa shape index (κ3) is 3.44. The van der Waals surface area contributed by atoms with E-state index in [2.05, 4.69) is 10.3 Å². The Morgan fingerprint density at radius 3 is 2.50 bits per heavy atom. The summed E-state index contributed by atoms with van der Waals surface area (Å²) in [6.45, 7) is 2.65. The van der Waals surface area contributed by atoms with Gasteiger partial charge in [0.25, 0.3) is 0 Å². The van der Waals surface area contributed by atoms with Gasteiger partial charge in [-0.25, -0.2) is 18.5 Å². The van der Waals surface area contributed by atoms with Crippen molar-refractivity contribution in [2.24, 2.45) is 12.2 Å². The third-order valence-corrected chi connectivity index (χ3v) is 4.04. The van der Waals surface area contributed by atoms with Gasteiger partial charge in [0.15, 0.2) is 0 Å². The molecule has 2 aromatic rings. The van der Waals surface area contributed by atoms with Crippen molar-refractivity contribution in [3.63, 3.8) is 0 Å². The van der Waals surface area contributed by atoms with Crippen molar-refractivity contribution in [1.29, 1.82) is 0 Å². The SMILES string of the molecule is CC(NCc1ccc(S(N)(=O)=O)cc1)c1nccn1C. The molecule has 0 fully saturated rings. The minimum atomic E-state index is -3.63. The average molecular weight is 294 g/mol. The minimum absolute atomic E-state index is 0.105. The molecule has 1 aromatic heterocycles. The summed E-state index contributed by atoms with van der Waals surface area (Å²) in [6.07, 6.45) is 3.66. The number of imidazole rings is 1. The van der Waals surface area contributed by atoms with Crippen molar-refractivity contribution in [3.8, 4) is 0 Å². The quantitative estimate of drug-likeness (QED) is 0.858. The van der Waals surface area contributed by atoms with E-state index in [1.165, 1.54) is 12.1 Å². The third-order valence-electron chi connectivity index (χ3n) is 3.11. The molecule has 108 valence electrons. The lowest BCUT2D eigenvalue weighted by molar-refractivity contribution is 0.530. The van der Waals surface area contributed by atoms with E-state index in [-0.39, 0.29) is 10.9 Å². The Morgan fingerprint density at radius 1 is 1.35 bits per heavy atom. The maximum Gasteiger partial charge on any atom is 0.238 e. The largest absolute Gasteiger partial charge is 0.337 e. The van der Waals surface area contributed by atoms with Crippen LogP contribution >= 0.6 is 0 Å². The fourth-order valence-corrected chi connectivity index (χ4v) is 2.47. The van der Waals surface area contributed by atoms with E-state index >= 15 is 0 Å². The summed E-state index contributed by atoms with van der Waals surface area (Å²) in [6, 6.07) is 6.62. The van der Waals surface area contributed by atoms with Crippen molar-refractivity contribution in [2.45, 2.75) is 24.4 Å². The van der Waals surface area contributed by atoms with E-state index in [1.54, 1.807) is 18.3 Å². The first kappa shape index (κ1) is 14.7. The summed E-state index contributed by atoms with van der Waals surface area (Å²) in [5.74, 6) is 0.950. The van der Waals surface area contributed by atoms with Crippen LogP contribution in [0.3, 0.4) is 0 Å². The monoisotopic (exact) mass is 294 g/mol. The van der Waals surface area contributed by atoms with Crippen LogP contribution in [0.25, 0.3) is 0 Å². The second-order valence-electron chi connectivity index (χ2n) is 4.69. The molecule has 6 nitrogen and oxygen atoms in total. The Balaban J connectivity index is 2.00. The molecule has 0 saturated carbocycles. The van der Waals surface area contributed by atoms with Crippen molar-refractivity contribution < 1.29 is 8.42 Å². The second kappa shape index (κ2) is 5.74. The molecule has 0 aliphatic carbocycles. The number of benzene rings is 1. The van der Waals surface area contributed by atoms with Crippen LogP contribution in [0.2, 0.25) is 0 Å². The highest BCUT2D eigenvalue weighted by Crippen LogP contribution is 2.12. The highest BCUT2D eigenvalue weighted by molar-refractivity contribution is 7.89. The highest BCUT2D eigenvalue weighted by atomic mass is 32.2. The van der Waals surface area contributed by atoms with E-state index < -0.39 is 10.0 Å². The van der Waals surface area contributed by atoms with E-state index in [1.807, 2.05) is 24.7 Å². The lowest BCUT2D eigenvalue weighted by atomic mass is 10.2. The number of hydrogen-bond acceptors (Lipinski definition) is 4. The van der Waals surface area contributed by atoms with Crippen molar-refractivity contribution in [3.05, 3.63) is 48.0 Å². The van der Waals surface area contributed by atoms with Gasteiger partial charge in [-0.2, -0.15) is 0 Å². The van der Waals surface area contributed by atoms with Gasteiger partial charge < -0.3 is 9.88 Å². The smallest absolute Gasteiger partial charge is 0.238 e. The summed E-state index contributed by atoms with van der Waals surface area (Å²) in [5.41, 5.74) is 0.985. The highest BCUT2D eigenvalue weighted by Gasteiger charge is 2.10. The first-order chi connectivity index (χ1) is 9.38. The topological polar surface area (TPSA) is 90.0 Å². The molecule has 0 radical (unpaired) electrons. The van der Waals surface area contributed by atoms with Gasteiger partial charge >= 0.3 is 0 Å². The number of hydrogen-bond donors (Lipinski definition) is 2. The first-order valence-corrected chi connectivity index (χ1v) is 7.75. The van der Waals surface area contributed by atoms with Crippen molar-refractivity contribution >= 4 is 10.0 Å². The predicted octanol–water partition coefficient (Wildman–Crippen LogP) is 0.918. The number of nitrogens with zero attached hydrogens (tertiary/aromatic N) is 2. The Bertz CT molecular complexity index is 677. The number of nitrogens with two attached hydrogens (primary N) is 1. The number of sulfonamides is 1. The van der Waals surface area contributed by atoms with Crippen LogP contribution in [0.15, 0.2) is 41.6 Å². The molecule has 0 aliphatic heterocycles. The zero-order chi connectivity index (χ0) is 14.8. The standard InChI is InChI=1S/C13H18N4O2S/c1-10(13-15-7-8-17(13)2)16-9-11-3-5-12(6-4-11)20(14,18)19/h3-8,10,16H,9H2,1-2H3,(H2,14,18,19). The molecule has 1 atom stereocenters.